The van der Waals surface area contributed by atoms with Crippen molar-refractivity contribution in [2.45, 2.75) is 27.4 Å². The maximum absolute atomic E-state index is 13.0. The van der Waals surface area contributed by atoms with Crippen LogP contribution in [-0.2, 0) is 11.4 Å². The number of benzene rings is 3. The largest absolute Gasteiger partial charge is 0.493 e. The minimum Gasteiger partial charge on any atom is -0.493 e. The van der Waals surface area contributed by atoms with Gasteiger partial charge >= 0.3 is 0 Å². The molecule has 35 heavy (non-hydrogen) atoms. The molecular formula is C28H25ClN2O4. The van der Waals surface area contributed by atoms with Crippen molar-refractivity contribution < 1.29 is 19.1 Å². The molecule has 0 saturated carbocycles. The number of hydrazone groups is 1. The molecule has 4 rings (SSSR count). The third-order valence-electron chi connectivity index (χ3n) is 5.50. The minimum absolute atomic E-state index is 0.302. The molecule has 0 N–H and O–H groups in total. The Morgan fingerprint density at radius 3 is 2.37 bits per heavy atom. The van der Waals surface area contributed by atoms with Crippen LogP contribution in [0.5, 0.6) is 11.5 Å². The lowest BCUT2D eigenvalue weighted by molar-refractivity contribution is -0.123. The fourth-order valence-corrected chi connectivity index (χ4v) is 4.24. The molecular weight excluding hydrogens is 464 g/mol. The van der Waals surface area contributed by atoms with E-state index in [0.717, 1.165) is 21.7 Å². The van der Waals surface area contributed by atoms with Crippen molar-refractivity contribution in [3.8, 4) is 11.5 Å². The summed E-state index contributed by atoms with van der Waals surface area (Å²) in [4.78, 5) is 25.7. The van der Waals surface area contributed by atoms with E-state index in [1.54, 1.807) is 55.5 Å². The van der Waals surface area contributed by atoms with Crippen molar-refractivity contribution in [3.05, 3.63) is 99.1 Å². The number of amides is 2. The van der Waals surface area contributed by atoms with Gasteiger partial charge in [0, 0.05) is 5.56 Å². The van der Waals surface area contributed by atoms with Crippen LogP contribution in [0.4, 0.5) is 0 Å². The standard InChI is InChI=1S/C28H25ClN2O4/c1-17-10-18(2)12-21(11-17)16-35-26-24(29)14-20(15-25(26)34-4)13-23-19(3)30-31(28(23)33)27(32)22-8-6-5-7-9-22/h5-15H,16H2,1-4H3/b23-13+. The zero-order chi connectivity index (χ0) is 25.1. The number of aryl methyl sites for hydroxylation is 2. The van der Waals surface area contributed by atoms with Crippen LogP contribution in [-0.4, -0.2) is 29.6 Å². The number of methoxy groups -OCH3 is 1. The van der Waals surface area contributed by atoms with Gasteiger partial charge in [0.05, 0.1) is 23.4 Å². The van der Waals surface area contributed by atoms with Crippen LogP contribution < -0.4 is 9.47 Å². The van der Waals surface area contributed by atoms with E-state index in [-0.39, 0.29) is 0 Å². The number of hydrogen-bond acceptors (Lipinski definition) is 5. The quantitative estimate of drug-likeness (QED) is 0.316. The van der Waals surface area contributed by atoms with Crippen molar-refractivity contribution in [1.82, 2.24) is 5.01 Å². The summed E-state index contributed by atoms with van der Waals surface area (Å²) in [6, 6.07) is 18.2. The summed E-state index contributed by atoms with van der Waals surface area (Å²) < 4.78 is 11.5. The van der Waals surface area contributed by atoms with Crippen LogP contribution in [0, 0.1) is 13.8 Å². The molecule has 0 radical (unpaired) electrons. The summed E-state index contributed by atoms with van der Waals surface area (Å²) in [7, 11) is 1.53. The van der Waals surface area contributed by atoms with Gasteiger partial charge in [-0.1, -0.05) is 59.1 Å². The van der Waals surface area contributed by atoms with Gasteiger partial charge in [-0.2, -0.15) is 10.1 Å². The van der Waals surface area contributed by atoms with Gasteiger partial charge in [0.1, 0.15) is 6.61 Å². The highest BCUT2D eigenvalue weighted by Gasteiger charge is 2.33. The monoisotopic (exact) mass is 488 g/mol. The molecule has 1 aliphatic rings. The number of rotatable bonds is 6. The maximum Gasteiger partial charge on any atom is 0.283 e. The maximum atomic E-state index is 13.0. The zero-order valence-corrected chi connectivity index (χ0v) is 20.7. The Hall–Kier alpha value is -3.90. The molecule has 1 aliphatic heterocycles. The van der Waals surface area contributed by atoms with Crippen LogP contribution in [0.25, 0.3) is 6.08 Å². The molecule has 0 spiro atoms. The van der Waals surface area contributed by atoms with Gasteiger partial charge in [-0.3, -0.25) is 9.59 Å². The zero-order valence-electron chi connectivity index (χ0n) is 20.0. The van der Waals surface area contributed by atoms with Crippen LogP contribution in [0.1, 0.15) is 39.5 Å². The summed E-state index contributed by atoms with van der Waals surface area (Å²) in [6.45, 7) is 6.09. The molecule has 7 heteroatoms. The van der Waals surface area contributed by atoms with Gasteiger partial charge in [-0.05, 0) is 62.2 Å². The first-order chi connectivity index (χ1) is 16.8. The summed E-state index contributed by atoms with van der Waals surface area (Å²) in [5.74, 6) is -0.129. The number of hydrogen-bond donors (Lipinski definition) is 0. The van der Waals surface area contributed by atoms with E-state index >= 15 is 0 Å². The first-order valence-electron chi connectivity index (χ1n) is 11.1. The minimum atomic E-state index is -0.499. The predicted molar refractivity (Wildman–Crippen MR) is 137 cm³/mol. The average Bonchev–Trinajstić information content (AvgIpc) is 3.10. The van der Waals surface area contributed by atoms with E-state index in [9.17, 15) is 9.59 Å². The highest BCUT2D eigenvalue weighted by atomic mass is 35.5. The molecule has 0 unspecified atom stereocenters. The fraction of sp³-hybridized carbons (Fsp3) is 0.179. The van der Waals surface area contributed by atoms with E-state index in [2.05, 4.69) is 23.3 Å². The number of carbonyl (C=O) groups excluding carboxylic acids is 2. The smallest absolute Gasteiger partial charge is 0.283 e. The second-order valence-corrected chi connectivity index (χ2v) is 8.76. The Morgan fingerprint density at radius 1 is 1.03 bits per heavy atom. The molecule has 1 heterocycles. The van der Waals surface area contributed by atoms with E-state index in [1.807, 2.05) is 13.8 Å². The normalized spacial score (nSPS) is 14.3. The number of halogens is 1. The third-order valence-corrected chi connectivity index (χ3v) is 5.78. The van der Waals surface area contributed by atoms with Crippen LogP contribution in [0.2, 0.25) is 5.02 Å². The lowest BCUT2D eigenvalue weighted by Gasteiger charge is -2.14. The third kappa shape index (κ3) is 5.28. The molecule has 0 aromatic heterocycles. The molecule has 6 nitrogen and oxygen atoms in total. The van der Waals surface area contributed by atoms with E-state index in [4.69, 9.17) is 21.1 Å². The second-order valence-electron chi connectivity index (χ2n) is 8.35. The van der Waals surface area contributed by atoms with Crippen molar-refractivity contribution in [1.29, 1.82) is 0 Å². The van der Waals surface area contributed by atoms with Gasteiger partial charge in [-0.25, -0.2) is 0 Å². The highest BCUT2D eigenvalue weighted by molar-refractivity contribution is 6.33. The van der Waals surface area contributed by atoms with Crippen molar-refractivity contribution in [2.24, 2.45) is 5.10 Å². The Morgan fingerprint density at radius 2 is 1.71 bits per heavy atom. The molecule has 0 fully saturated rings. The summed E-state index contributed by atoms with van der Waals surface area (Å²) in [5, 5.41) is 5.41. The van der Waals surface area contributed by atoms with E-state index in [1.165, 1.54) is 7.11 Å². The Bertz CT molecular complexity index is 1340. The molecule has 2 amide bonds. The van der Waals surface area contributed by atoms with Crippen LogP contribution >= 0.6 is 11.6 Å². The summed E-state index contributed by atoms with van der Waals surface area (Å²) in [5.41, 5.74) is 5.08. The molecule has 0 aliphatic carbocycles. The second kappa shape index (κ2) is 10.2. The van der Waals surface area contributed by atoms with Gasteiger partial charge < -0.3 is 9.47 Å². The first kappa shape index (κ1) is 24.2. The molecule has 0 bridgehead atoms. The van der Waals surface area contributed by atoms with Crippen molar-refractivity contribution in [2.75, 3.05) is 7.11 Å². The first-order valence-corrected chi connectivity index (χ1v) is 11.4. The van der Waals surface area contributed by atoms with Gasteiger partial charge in [-0.15, -0.1) is 0 Å². The highest BCUT2D eigenvalue weighted by Crippen LogP contribution is 2.38. The topological polar surface area (TPSA) is 68.2 Å². The predicted octanol–water partition coefficient (Wildman–Crippen LogP) is 5.99. The molecule has 3 aromatic rings. The number of ether oxygens (including phenoxy) is 2. The van der Waals surface area contributed by atoms with E-state index in [0.29, 0.717) is 45.5 Å². The van der Waals surface area contributed by atoms with E-state index < -0.39 is 11.8 Å². The van der Waals surface area contributed by atoms with Crippen molar-refractivity contribution >= 4 is 35.2 Å². The van der Waals surface area contributed by atoms with Crippen LogP contribution in [0.3, 0.4) is 0 Å². The summed E-state index contributed by atoms with van der Waals surface area (Å²) in [6.07, 6.45) is 1.64. The fourth-order valence-electron chi connectivity index (χ4n) is 3.96. The number of carbonyl (C=O) groups is 2. The van der Waals surface area contributed by atoms with Crippen LogP contribution in [0.15, 0.2) is 71.3 Å². The van der Waals surface area contributed by atoms with Gasteiger partial charge in [0.2, 0.25) is 0 Å². The number of imide groups is 1. The Kier molecular flexibility index (Phi) is 7.03. The molecule has 0 saturated heterocycles. The Labute approximate surface area is 209 Å². The van der Waals surface area contributed by atoms with Gasteiger partial charge in [0.15, 0.2) is 11.5 Å². The lowest BCUT2D eigenvalue weighted by Crippen LogP contribution is -2.29. The lowest BCUT2D eigenvalue weighted by atomic mass is 10.1. The number of nitrogens with zero attached hydrogens (tertiary/aromatic N) is 2. The SMILES string of the molecule is COc1cc(/C=C2/C(=O)N(C(=O)c3ccccc3)N=C2C)cc(Cl)c1OCc1cc(C)cc(C)c1. The Balaban J connectivity index is 1.58. The molecule has 0 atom stereocenters. The average molecular weight is 489 g/mol. The van der Waals surface area contributed by atoms with Crippen molar-refractivity contribution in [3.63, 3.8) is 0 Å². The van der Waals surface area contributed by atoms with Gasteiger partial charge in [0.25, 0.3) is 11.8 Å². The molecule has 3 aromatic carbocycles. The molecule has 178 valence electrons. The summed E-state index contributed by atoms with van der Waals surface area (Å²) >= 11 is 6.55.